The maximum atomic E-state index is 6.43. The number of aromatic nitrogens is 3. The van der Waals surface area contributed by atoms with Gasteiger partial charge in [-0.25, -0.2) is 9.97 Å². The van der Waals surface area contributed by atoms with Crippen LogP contribution in [-0.2, 0) is 6.42 Å². The summed E-state index contributed by atoms with van der Waals surface area (Å²) in [6.07, 6.45) is 5.54. The number of aryl methyl sites for hydroxylation is 2. The lowest BCUT2D eigenvalue weighted by Gasteiger charge is -2.12. The lowest BCUT2D eigenvalue weighted by Crippen LogP contribution is -2.06. The third-order valence-electron chi connectivity index (χ3n) is 5.94. The van der Waals surface area contributed by atoms with Crippen molar-refractivity contribution in [1.82, 2.24) is 15.0 Å². The number of fused-ring (bicyclic) bond motifs is 1. The summed E-state index contributed by atoms with van der Waals surface area (Å²) in [5, 5.41) is 4.26. The number of ether oxygens (including phenoxy) is 1. The SMILES string of the molecule is CCOc1ccc(Cl)cc1-c1c(C)sc2c(NCCCc3ccccc3)nc(-c3ccncc3)nc12. The summed E-state index contributed by atoms with van der Waals surface area (Å²) < 4.78 is 7.00. The maximum Gasteiger partial charge on any atom is 0.162 e. The van der Waals surface area contributed by atoms with Crippen LogP contribution in [0.5, 0.6) is 5.75 Å². The van der Waals surface area contributed by atoms with Crippen molar-refractivity contribution in [3.63, 3.8) is 0 Å². The van der Waals surface area contributed by atoms with Gasteiger partial charge in [-0.15, -0.1) is 11.3 Å². The molecule has 0 fully saturated rings. The maximum absolute atomic E-state index is 6.43. The molecular formula is C29H27ClN4OS. The molecule has 0 radical (unpaired) electrons. The Morgan fingerprint density at radius 1 is 1.00 bits per heavy atom. The van der Waals surface area contributed by atoms with Crippen LogP contribution in [0.25, 0.3) is 32.7 Å². The molecule has 0 atom stereocenters. The molecule has 1 N–H and O–H groups in total. The summed E-state index contributed by atoms with van der Waals surface area (Å²) in [6, 6.07) is 20.2. The summed E-state index contributed by atoms with van der Waals surface area (Å²) in [7, 11) is 0. The van der Waals surface area contributed by atoms with E-state index in [-0.39, 0.29) is 0 Å². The van der Waals surface area contributed by atoms with E-state index in [1.807, 2.05) is 43.3 Å². The van der Waals surface area contributed by atoms with E-state index >= 15 is 0 Å². The molecule has 5 aromatic rings. The van der Waals surface area contributed by atoms with E-state index in [9.17, 15) is 0 Å². The second kappa shape index (κ2) is 11.1. The lowest BCUT2D eigenvalue weighted by molar-refractivity contribution is 0.341. The van der Waals surface area contributed by atoms with Gasteiger partial charge >= 0.3 is 0 Å². The van der Waals surface area contributed by atoms with Gasteiger partial charge in [-0.1, -0.05) is 41.9 Å². The summed E-state index contributed by atoms with van der Waals surface area (Å²) in [5.41, 5.74) is 5.13. The molecule has 7 heteroatoms. The fourth-order valence-electron chi connectivity index (χ4n) is 4.28. The van der Waals surface area contributed by atoms with Crippen molar-refractivity contribution < 1.29 is 4.74 Å². The molecule has 0 aliphatic carbocycles. The molecule has 0 saturated carbocycles. The van der Waals surface area contributed by atoms with Crippen LogP contribution in [0.1, 0.15) is 23.8 Å². The van der Waals surface area contributed by atoms with E-state index < -0.39 is 0 Å². The first-order valence-corrected chi connectivity index (χ1v) is 13.3. The van der Waals surface area contributed by atoms with Gasteiger partial charge in [-0.2, -0.15) is 0 Å². The van der Waals surface area contributed by atoms with Gasteiger partial charge in [0.15, 0.2) is 5.82 Å². The van der Waals surface area contributed by atoms with Gasteiger partial charge in [0, 0.05) is 45.5 Å². The molecule has 2 aromatic carbocycles. The molecule has 3 heterocycles. The summed E-state index contributed by atoms with van der Waals surface area (Å²) >= 11 is 8.12. The van der Waals surface area contributed by atoms with E-state index in [0.29, 0.717) is 17.5 Å². The molecule has 0 aliphatic heterocycles. The Balaban J connectivity index is 1.57. The first kappa shape index (κ1) is 24.2. The van der Waals surface area contributed by atoms with Crippen LogP contribution in [0.15, 0.2) is 73.1 Å². The van der Waals surface area contributed by atoms with E-state index in [0.717, 1.165) is 62.7 Å². The Morgan fingerprint density at radius 2 is 1.81 bits per heavy atom. The van der Waals surface area contributed by atoms with Crippen molar-refractivity contribution in [2.75, 3.05) is 18.5 Å². The van der Waals surface area contributed by atoms with Crippen molar-refractivity contribution in [2.45, 2.75) is 26.7 Å². The largest absolute Gasteiger partial charge is 0.493 e. The molecule has 0 unspecified atom stereocenters. The normalized spacial score (nSPS) is 11.1. The Kier molecular flexibility index (Phi) is 7.44. The molecule has 0 spiro atoms. The topological polar surface area (TPSA) is 59.9 Å². The van der Waals surface area contributed by atoms with E-state index in [4.69, 9.17) is 26.3 Å². The third kappa shape index (κ3) is 5.20. The van der Waals surface area contributed by atoms with Crippen LogP contribution >= 0.6 is 22.9 Å². The van der Waals surface area contributed by atoms with Crippen molar-refractivity contribution in [1.29, 1.82) is 0 Å². The quantitative estimate of drug-likeness (QED) is 0.203. The number of nitrogens with one attached hydrogen (secondary N) is 1. The predicted molar refractivity (Wildman–Crippen MR) is 150 cm³/mol. The number of anilines is 1. The zero-order chi connectivity index (χ0) is 24.9. The van der Waals surface area contributed by atoms with E-state index in [1.54, 1.807) is 23.7 Å². The molecule has 3 aromatic heterocycles. The highest BCUT2D eigenvalue weighted by atomic mass is 35.5. The number of rotatable bonds is 9. The van der Waals surface area contributed by atoms with Crippen LogP contribution in [-0.4, -0.2) is 28.1 Å². The zero-order valence-corrected chi connectivity index (χ0v) is 21.9. The van der Waals surface area contributed by atoms with Gasteiger partial charge < -0.3 is 10.1 Å². The molecular weight excluding hydrogens is 488 g/mol. The van der Waals surface area contributed by atoms with E-state index in [2.05, 4.69) is 41.5 Å². The van der Waals surface area contributed by atoms with Gasteiger partial charge in [0.2, 0.25) is 0 Å². The Bertz CT molecular complexity index is 1470. The minimum absolute atomic E-state index is 0.571. The number of halogens is 1. The fraction of sp³-hybridized carbons (Fsp3) is 0.207. The first-order valence-electron chi connectivity index (χ1n) is 12.1. The second-order valence-corrected chi connectivity index (χ2v) is 10.1. The van der Waals surface area contributed by atoms with Crippen LogP contribution in [0, 0.1) is 6.92 Å². The highest BCUT2D eigenvalue weighted by Gasteiger charge is 2.21. The highest BCUT2D eigenvalue weighted by Crippen LogP contribution is 2.44. The second-order valence-electron chi connectivity index (χ2n) is 8.43. The number of benzene rings is 2. The molecule has 0 amide bonds. The van der Waals surface area contributed by atoms with Crippen LogP contribution < -0.4 is 10.1 Å². The van der Waals surface area contributed by atoms with Crippen molar-refractivity contribution >= 4 is 39.0 Å². The Labute approximate surface area is 220 Å². The third-order valence-corrected chi connectivity index (χ3v) is 7.27. The minimum Gasteiger partial charge on any atom is -0.493 e. The molecule has 5 nitrogen and oxygen atoms in total. The zero-order valence-electron chi connectivity index (χ0n) is 20.3. The summed E-state index contributed by atoms with van der Waals surface area (Å²) in [4.78, 5) is 15.3. The highest BCUT2D eigenvalue weighted by molar-refractivity contribution is 7.20. The van der Waals surface area contributed by atoms with E-state index in [1.165, 1.54) is 5.56 Å². The monoisotopic (exact) mass is 514 g/mol. The number of hydrogen-bond acceptors (Lipinski definition) is 6. The molecule has 0 saturated heterocycles. The number of hydrogen-bond donors (Lipinski definition) is 1. The minimum atomic E-state index is 0.571. The lowest BCUT2D eigenvalue weighted by atomic mass is 10.0. The smallest absolute Gasteiger partial charge is 0.162 e. The summed E-state index contributed by atoms with van der Waals surface area (Å²) in [6.45, 7) is 5.48. The molecule has 36 heavy (non-hydrogen) atoms. The average Bonchev–Trinajstić information content (AvgIpc) is 3.24. The number of pyridine rings is 1. The Hall–Kier alpha value is -3.48. The molecule has 0 bridgehead atoms. The average molecular weight is 515 g/mol. The van der Waals surface area contributed by atoms with Crippen LogP contribution in [0.3, 0.4) is 0 Å². The predicted octanol–water partition coefficient (Wildman–Crippen LogP) is 7.83. The number of nitrogens with zero attached hydrogens (tertiary/aromatic N) is 3. The van der Waals surface area contributed by atoms with Crippen LogP contribution in [0.2, 0.25) is 5.02 Å². The van der Waals surface area contributed by atoms with Crippen LogP contribution in [0.4, 0.5) is 5.82 Å². The van der Waals surface area contributed by atoms with Crippen molar-refractivity contribution in [3.05, 3.63) is 88.5 Å². The molecule has 182 valence electrons. The molecule has 5 rings (SSSR count). The van der Waals surface area contributed by atoms with Gasteiger partial charge in [0.05, 0.1) is 16.8 Å². The fourth-order valence-corrected chi connectivity index (χ4v) is 5.52. The first-order chi connectivity index (χ1) is 17.6. The van der Waals surface area contributed by atoms with Crippen molar-refractivity contribution in [2.24, 2.45) is 0 Å². The number of thiophene rings is 1. The van der Waals surface area contributed by atoms with Gasteiger partial charge in [-0.05, 0) is 62.6 Å². The standard InChI is InChI=1S/C29H27ClN4OS/c1-3-35-24-12-11-22(30)18-23(24)25-19(2)36-27-26(25)33-28(21-13-16-31-17-14-21)34-29(27)32-15-7-10-20-8-5-4-6-9-20/h4-6,8-9,11-14,16-18H,3,7,10,15H2,1-2H3,(H,32,33,34). The van der Waals surface area contributed by atoms with Gasteiger partial charge in [0.25, 0.3) is 0 Å². The van der Waals surface area contributed by atoms with Gasteiger partial charge in [0.1, 0.15) is 11.6 Å². The molecule has 0 aliphatic rings. The van der Waals surface area contributed by atoms with Crippen molar-refractivity contribution in [3.8, 4) is 28.3 Å². The Morgan fingerprint density at radius 3 is 2.58 bits per heavy atom. The van der Waals surface area contributed by atoms with Gasteiger partial charge in [-0.3, -0.25) is 4.98 Å². The summed E-state index contributed by atoms with van der Waals surface area (Å²) in [5.74, 6) is 2.31.